The quantitative estimate of drug-likeness (QED) is 0.847. The van der Waals surface area contributed by atoms with Crippen LogP contribution in [0.25, 0.3) is 10.9 Å². The summed E-state index contributed by atoms with van der Waals surface area (Å²) in [5, 5.41) is 4.36. The molecular formula is C20H29N3O2. The number of ether oxygens (including phenoxy) is 1. The van der Waals surface area contributed by atoms with Gasteiger partial charge in [-0.3, -0.25) is 9.69 Å². The number of methoxy groups -OCH3 is 1. The molecule has 2 atom stereocenters. The second-order valence-corrected chi connectivity index (χ2v) is 7.19. The van der Waals surface area contributed by atoms with Gasteiger partial charge < -0.3 is 15.0 Å². The van der Waals surface area contributed by atoms with Crippen molar-refractivity contribution in [3.8, 4) is 5.75 Å². The van der Waals surface area contributed by atoms with E-state index in [-0.39, 0.29) is 11.9 Å². The molecule has 0 spiro atoms. The number of aromatic nitrogens is 1. The van der Waals surface area contributed by atoms with Crippen molar-refractivity contribution in [3.05, 3.63) is 29.5 Å². The SMILES string of the molecule is CCC[C@@H]1CN(Cc2[nH]c3ccc(OC)cc3c2C)C[C@H]1NC(C)=O. The molecule has 5 heteroatoms. The third-order valence-corrected chi connectivity index (χ3v) is 5.32. The Hall–Kier alpha value is -2.01. The number of carbonyl (C=O) groups excluding carboxylic acids is 1. The van der Waals surface area contributed by atoms with Gasteiger partial charge in [-0.25, -0.2) is 0 Å². The fraction of sp³-hybridized carbons (Fsp3) is 0.550. The standard InChI is InChI=1S/C20H29N3O2/c1-5-6-15-10-23(12-20(15)21-14(3)24)11-19-13(2)17-9-16(25-4)7-8-18(17)22-19/h7-9,15,20,22H,5-6,10-12H2,1-4H3,(H,21,24)/t15-,20-/m1/s1. The molecule has 0 aliphatic carbocycles. The molecular weight excluding hydrogens is 314 g/mol. The van der Waals surface area contributed by atoms with Gasteiger partial charge in [-0.1, -0.05) is 13.3 Å². The van der Waals surface area contributed by atoms with Crippen LogP contribution in [0.2, 0.25) is 0 Å². The van der Waals surface area contributed by atoms with Crippen molar-refractivity contribution in [2.24, 2.45) is 5.92 Å². The van der Waals surface area contributed by atoms with E-state index in [4.69, 9.17) is 4.74 Å². The fourth-order valence-corrected chi connectivity index (χ4v) is 4.05. The molecule has 5 nitrogen and oxygen atoms in total. The van der Waals surface area contributed by atoms with Crippen molar-refractivity contribution < 1.29 is 9.53 Å². The van der Waals surface area contributed by atoms with Crippen molar-refractivity contribution in [2.75, 3.05) is 20.2 Å². The monoisotopic (exact) mass is 343 g/mol. The molecule has 1 aromatic heterocycles. The molecule has 3 rings (SSSR count). The summed E-state index contributed by atoms with van der Waals surface area (Å²) in [4.78, 5) is 17.5. The zero-order valence-corrected chi connectivity index (χ0v) is 15.7. The number of likely N-dealkylation sites (tertiary alicyclic amines) is 1. The van der Waals surface area contributed by atoms with Crippen LogP contribution >= 0.6 is 0 Å². The summed E-state index contributed by atoms with van der Waals surface area (Å²) in [5.41, 5.74) is 3.68. The summed E-state index contributed by atoms with van der Waals surface area (Å²) in [6.07, 6.45) is 2.31. The molecule has 0 saturated carbocycles. The lowest BCUT2D eigenvalue weighted by Crippen LogP contribution is -2.39. The van der Waals surface area contributed by atoms with E-state index >= 15 is 0 Å². The van der Waals surface area contributed by atoms with Gasteiger partial charge >= 0.3 is 0 Å². The van der Waals surface area contributed by atoms with E-state index in [2.05, 4.69) is 41.2 Å². The molecule has 0 unspecified atom stereocenters. The van der Waals surface area contributed by atoms with Crippen molar-refractivity contribution in [3.63, 3.8) is 0 Å². The first-order valence-corrected chi connectivity index (χ1v) is 9.16. The first-order valence-electron chi connectivity index (χ1n) is 9.16. The Morgan fingerprint density at radius 1 is 1.40 bits per heavy atom. The Bertz CT molecular complexity index is 753. The van der Waals surface area contributed by atoms with Gasteiger partial charge in [0, 0.05) is 49.2 Å². The van der Waals surface area contributed by atoms with E-state index in [0.29, 0.717) is 5.92 Å². The van der Waals surface area contributed by atoms with Crippen molar-refractivity contribution in [2.45, 2.75) is 46.2 Å². The highest BCUT2D eigenvalue weighted by Crippen LogP contribution is 2.29. The van der Waals surface area contributed by atoms with Crippen molar-refractivity contribution in [1.29, 1.82) is 0 Å². The minimum absolute atomic E-state index is 0.0711. The number of carbonyl (C=O) groups is 1. The lowest BCUT2D eigenvalue weighted by molar-refractivity contribution is -0.119. The van der Waals surface area contributed by atoms with Gasteiger partial charge in [-0.05, 0) is 43.0 Å². The minimum atomic E-state index is 0.0711. The van der Waals surface area contributed by atoms with Crippen LogP contribution in [0.4, 0.5) is 0 Å². The summed E-state index contributed by atoms with van der Waals surface area (Å²) in [6.45, 7) is 8.83. The molecule has 1 aliphatic heterocycles. The topological polar surface area (TPSA) is 57.4 Å². The second-order valence-electron chi connectivity index (χ2n) is 7.19. The number of fused-ring (bicyclic) bond motifs is 1. The van der Waals surface area contributed by atoms with E-state index in [0.717, 1.165) is 43.7 Å². The highest BCUT2D eigenvalue weighted by Gasteiger charge is 2.32. The predicted octanol–water partition coefficient (Wildman–Crippen LogP) is 3.22. The summed E-state index contributed by atoms with van der Waals surface area (Å²) in [5.74, 6) is 1.50. The van der Waals surface area contributed by atoms with Gasteiger partial charge in [0.1, 0.15) is 5.75 Å². The van der Waals surface area contributed by atoms with Crippen molar-refractivity contribution in [1.82, 2.24) is 15.2 Å². The highest BCUT2D eigenvalue weighted by molar-refractivity contribution is 5.85. The Balaban J connectivity index is 1.76. The highest BCUT2D eigenvalue weighted by atomic mass is 16.5. The molecule has 1 amide bonds. The number of aryl methyl sites for hydroxylation is 1. The number of aromatic amines is 1. The number of hydrogen-bond donors (Lipinski definition) is 2. The molecule has 2 heterocycles. The molecule has 0 bridgehead atoms. The van der Waals surface area contributed by atoms with E-state index in [1.165, 1.54) is 16.6 Å². The van der Waals surface area contributed by atoms with Crippen LogP contribution in [0.1, 0.15) is 37.9 Å². The summed E-state index contributed by atoms with van der Waals surface area (Å²) < 4.78 is 5.35. The Morgan fingerprint density at radius 2 is 2.20 bits per heavy atom. The number of nitrogens with zero attached hydrogens (tertiary/aromatic N) is 1. The van der Waals surface area contributed by atoms with E-state index < -0.39 is 0 Å². The summed E-state index contributed by atoms with van der Waals surface area (Å²) >= 11 is 0. The smallest absolute Gasteiger partial charge is 0.217 e. The Labute approximate surface area is 149 Å². The maximum atomic E-state index is 11.5. The first kappa shape index (κ1) is 17.8. The third kappa shape index (κ3) is 3.82. The van der Waals surface area contributed by atoms with Gasteiger partial charge in [-0.2, -0.15) is 0 Å². The molecule has 1 aromatic carbocycles. The molecule has 2 N–H and O–H groups in total. The van der Waals surface area contributed by atoms with Gasteiger partial charge in [0.25, 0.3) is 0 Å². The second kappa shape index (κ2) is 7.48. The van der Waals surface area contributed by atoms with Gasteiger partial charge in [0.2, 0.25) is 5.91 Å². The largest absolute Gasteiger partial charge is 0.497 e. The number of amides is 1. The molecule has 1 aliphatic rings. The van der Waals surface area contributed by atoms with Crippen molar-refractivity contribution >= 4 is 16.8 Å². The summed E-state index contributed by atoms with van der Waals surface area (Å²) in [6, 6.07) is 6.42. The fourth-order valence-electron chi connectivity index (χ4n) is 4.05. The number of H-pyrrole nitrogens is 1. The number of benzene rings is 1. The predicted molar refractivity (Wildman–Crippen MR) is 101 cm³/mol. The van der Waals surface area contributed by atoms with Gasteiger partial charge in [0.05, 0.1) is 7.11 Å². The minimum Gasteiger partial charge on any atom is -0.497 e. The van der Waals surface area contributed by atoms with E-state index in [1.807, 2.05) is 6.07 Å². The number of hydrogen-bond acceptors (Lipinski definition) is 3. The first-order chi connectivity index (χ1) is 12.0. The average molecular weight is 343 g/mol. The van der Waals surface area contributed by atoms with Crippen LogP contribution in [-0.4, -0.2) is 42.0 Å². The molecule has 1 saturated heterocycles. The van der Waals surface area contributed by atoms with Crippen LogP contribution in [0.3, 0.4) is 0 Å². The lowest BCUT2D eigenvalue weighted by Gasteiger charge is -2.18. The lowest BCUT2D eigenvalue weighted by atomic mass is 9.98. The molecule has 1 fully saturated rings. The maximum absolute atomic E-state index is 11.5. The van der Waals surface area contributed by atoms with Crippen LogP contribution < -0.4 is 10.1 Å². The van der Waals surface area contributed by atoms with Crippen LogP contribution in [0.15, 0.2) is 18.2 Å². The van der Waals surface area contributed by atoms with E-state index in [9.17, 15) is 4.79 Å². The normalized spacial score (nSPS) is 21.0. The Kier molecular flexibility index (Phi) is 5.33. The zero-order chi connectivity index (χ0) is 18.0. The maximum Gasteiger partial charge on any atom is 0.217 e. The third-order valence-electron chi connectivity index (χ3n) is 5.32. The Morgan fingerprint density at radius 3 is 2.88 bits per heavy atom. The zero-order valence-electron chi connectivity index (χ0n) is 15.7. The average Bonchev–Trinajstić information content (AvgIpc) is 3.09. The van der Waals surface area contributed by atoms with Crippen LogP contribution in [0.5, 0.6) is 5.75 Å². The number of nitrogens with one attached hydrogen (secondary N) is 2. The van der Waals surface area contributed by atoms with E-state index in [1.54, 1.807) is 14.0 Å². The molecule has 136 valence electrons. The number of rotatable bonds is 6. The van der Waals surface area contributed by atoms with Crippen LogP contribution in [-0.2, 0) is 11.3 Å². The van der Waals surface area contributed by atoms with Gasteiger partial charge in [0.15, 0.2) is 0 Å². The van der Waals surface area contributed by atoms with Gasteiger partial charge in [-0.15, -0.1) is 0 Å². The molecule has 2 aromatic rings. The van der Waals surface area contributed by atoms with Crippen LogP contribution in [0, 0.1) is 12.8 Å². The summed E-state index contributed by atoms with van der Waals surface area (Å²) in [7, 11) is 1.70. The molecule has 0 radical (unpaired) electrons. The molecule has 25 heavy (non-hydrogen) atoms.